The largest absolute Gasteiger partial charge is 0.508 e. The Bertz CT molecular complexity index is 466. The number of rotatable bonds is 4. The molecule has 0 aliphatic heterocycles. The van der Waals surface area contributed by atoms with E-state index < -0.39 is 27.0 Å². The fourth-order valence-corrected chi connectivity index (χ4v) is 3.79. The van der Waals surface area contributed by atoms with Gasteiger partial charge in [0.25, 0.3) is 0 Å². The van der Waals surface area contributed by atoms with E-state index in [-0.39, 0.29) is 11.3 Å². The van der Waals surface area contributed by atoms with Gasteiger partial charge in [0, 0.05) is 0 Å². The lowest BCUT2D eigenvalue weighted by atomic mass is 10.2. The van der Waals surface area contributed by atoms with Crippen LogP contribution >= 0.6 is 15.2 Å². The Labute approximate surface area is 97.1 Å². The standard InChI is InChI=1S/C8H12O7P2/c9-7-3-1-2-6(4-7)5-8(16(10,11)12)17(13,14)15/h1-4,8-9H,5H2,(H2,10,11,12)(H2,13,14,15). The molecule has 0 aromatic heterocycles. The Morgan fingerprint density at radius 3 is 2.00 bits per heavy atom. The second-order valence-corrected chi connectivity index (χ2v) is 7.54. The molecule has 0 saturated heterocycles. The SMILES string of the molecule is O=P(O)(O)C(Cc1cccc(O)c1)P(=O)(O)O. The first kappa shape index (κ1) is 14.4. The van der Waals surface area contributed by atoms with Crippen LogP contribution < -0.4 is 0 Å². The van der Waals surface area contributed by atoms with Gasteiger partial charge in [0.15, 0.2) is 5.40 Å². The number of hydrogen-bond acceptors (Lipinski definition) is 3. The summed E-state index contributed by atoms with van der Waals surface area (Å²) in [5.74, 6) is -0.141. The molecular weight excluding hydrogens is 270 g/mol. The second-order valence-electron chi connectivity index (χ2n) is 3.53. The third kappa shape index (κ3) is 4.24. The molecule has 5 N–H and O–H groups in total. The Morgan fingerprint density at radius 1 is 1.06 bits per heavy atom. The minimum Gasteiger partial charge on any atom is -0.508 e. The van der Waals surface area contributed by atoms with E-state index in [0.717, 1.165) is 0 Å². The number of aromatic hydroxyl groups is 1. The molecule has 0 unspecified atom stereocenters. The molecule has 0 amide bonds. The highest BCUT2D eigenvalue weighted by Gasteiger charge is 2.43. The van der Waals surface area contributed by atoms with Gasteiger partial charge in [-0.1, -0.05) is 12.1 Å². The molecule has 1 rings (SSSR count). The van der Waals surface area contributed by atoms with Crippen LogP contribution in [-0.2, 0) is 15.6 Å². The van der Waals surface area contributed by atoms with Crippen molar-refractivity contribution in [3.05, 3.63) is 29.8 Å². The zero-order valence-electron chi connectivity index (χ0n) is 8.54. The van der Waals surface area contributed by atoms with Gasteiger partial charge in [-0.2, -0.15) is 0 Å². The number of phenols is 1. The monoisotopic (exact) mass is 282 g/mol. The maximum absolute atomic E-state index is 11.0. The van der Waals surface area contributed by atoms with E-state index in [2.05, 4.69) is 0 Å². The molecule has 0 aliphatic rings. The van der Waals surface area contributed by atoms with E-state index in [0.29, 0.717) is 0 Å². The Kier molecular flexibility index (Phi) is 4.15. The summed E-state index contributed by atoms with van der Waals surface area (Å²) in [5.41, 5.74) is 0.238. The van der Waals surface area contributed by atoms with Crippen LogP contribution in [0.4, 0.5) is 0 Å². The highest BCUT2D eigenvalue weighted by Crippen LogP contribution is 2.60. The third-order valence-electron chi connectivity index (χ3n) is 2.11. The van der Waals surface area contributed by atoms with Crippen molar-refractivity contribution in [1.82, 2.24) is 0 Å². The normalized spacial score (nSPS) is 13.0. The molecule has 1 aromatic carbocycles. The lowest BCUT2D eigenvalue weighted by Crippen LogP contribution is -2.12. The van der Waals surface area contributed by atoms with Crippen LogP contribution in [0.1, 0.15) is 5.56 Å². The Morgan fingerprint density at radius 2 is 1.59 bits per heavy atom. The van der Waals surface area contributed by atoms with Crippen LogP contribution in [0.2, 0.25) is 0 Å². The van der Waals surface area contributed by atoms with Crippen molar-refractivity contribution >= 4 is 15.2 Å². The summed E-state index contributed by atoms with van der Waals surface area (Å²) in [4.78, 5) is 35.6. The van der Waals surface area contributed by atoms with Crippen LogP contribution in [0, 0.1) is 0 Å². The Balaban J connectivity index is 3.04. The van der Waals surface area contributed by atoms with Crippen LogP contribution in [-0.4, -0.2) is 30.1 Å². The van der Waals surface area contributed by atoms with Crippen molar-refractivity contribution < 1.29 is 33.8 Å². The Hall–Kier alpha value is -0.680. The molecule has 0 bridgehead atoms. The maximum Gasteiger partial charge on any atom is 0.341 e. The molecule has 1 aromatic rings. The van der Waals surface area contributed by atoms with Crippen molar-refractivity contribution in [2.24, 2.45) is 0 Å². The summed E-state index contributed by atoms with van der Waals surface area (Å²) in [6, 6.07) is 5.37. The molecule has 0 saturated carbocycles. The van der Waals surface area contributed by atoms with Gasteiger partial charge in [0.05, 0.1) is 0 Å². The molecular formula is C8H12O7P2. The van der Waals surface area contributed by atoms with Gasteiger partial charge in [0.1, 0.15) is 5.75 Å². The van der Waals surface area contributed by atoms with Crippen LogP contribution in [0.25, 0.3) is 0 Å². The lowest BCUT2D eigenvalue weighted by molar-refractivity contribution is 0.338. The summed E-state index contributed by atoms with van der Waals surface area (Å²) >= 11 is 0. The van der Waals surface area contributed by atoms with Gasteiger partial charge in [0.2, 0.25) is 0 Å². The fourth-order valence-electron chi connectivity index (χ4n) is 1.33. The molecule has 7 nitrogen and oxygen atoms in total. The predicted molar refractivity (Wildman–Crippen MR) is 59.7 cm³/mol. The molecule has 0 radical (unpaired) electrons. The molecule has 0 fully saturated rings. The van der Waals surface area contributed by atoms with E-state index in [1.807, 2.05) is 0 Å². The highest BCUT2D eigenvalue weighted by atomic mass is 31.2. The zero-order chi connectivity index (χ0) is 13.3. The zero-order valence-corrected chi connectivity index (χ0v) is 10.3. The lowest BCUT2D eigenvalue weighted by Gasteiger charge is -2.19. The fraction of sp³-hybridized carbons (Fsp3) is 0.250. The van der Waals surface area contributed by atoms with Crippen LogP contribution in [0.5, 0.6) is 5.75 Å². The van der Waals surface area contributed by atoms with Crippen molar-refractivity contribution in [3.63, 3.8) is 0 Å². The maximum atomic E-state index is 11.0. The number of phenolic OH excluding ortho intramolecular Hbond substituents is 1. The van der Waals surface area contributed by atoms with Crippen molar-refractivity contribution in [1.29, 1.82) is 0 Å². The quantitative estimate of drug-likeness (QED) is 0.510. The first-order chi connectivity index (χ1) is 7.60. The number of hydrogen-bond donors (Lipinski definition) is 5. The molecule has 0 spiro atoms. The first-order valence-electron chi connectivity index (χ1n) is 4.49. The molecule has 17 heavy (non-hydrogen) atoms. The molecule has 9 heteroatoms. The van der Waals surface area contributed by atoms with Gasteiger partial charge in [-0.15, -0.1) is 0 Å². The summed E-state index contributed by atoms with van der Waals surface area (Å²) < 4.78 is 22.0. The van der Waals surface area contributed by atoms with Crippen molar-refractivity contribution in [2.75, 3.05) is 0 Å². The number of benzene rings is 1. The summed E-state index contributed by atoms with van der Waals surface area (Å²) in [6.07, 6.45) is -0.511. The second kappa shape index (κ2) is 4.90. The van der Waals surface area contributed by atoms with E-state index in [1.165, 1.54) is 24.3 Å². The van der Waals surface area contributed by atoms with Gasteiger partial charge in [-0.3, -0.25) is 9.13 Å². The van der Waals surface area contributed by atoms with Crippen molar-refractivity contribution in [2.45, 2.75) is 11.8 Å². The van der Waals surface area contributed by atoms with Gasteiger partial charge < -0.3 is 24.7 Å². The summed E-state index contributed by atoms with van der Waals surface area (Å²) in [7, 11) is -9.85. The minimum absolute atomic E-state index is 0.141. The first-order valence-corrected chi connectivity index (χ1v) is 7.85. The molecule has 0 heterocycles. The topological polar surface area (TPSA) is 135 Å². The molecule has 96 valence electrons. The summed E-state index contributed by atoms with van der Waals surface area (Å²) in [5, 5.41) is 7.06. The van der Waals surface area contributed by atoms with Gasteiger partial charge >= 0.3 is 15.2 Å². The highest BCUT2D eigenvalue weighted by molar-refractivity contribution is 7.70. The van der Waals surface area contributed by atoms with E-state index in [4.69, 9.17) is 24.7 Å². The predicted octanol–water partition coefficient (Wildman–Crippen LogP) is 0.616. The molecule has 0 atom stereocenters. The van der Waals surface area contributed by atoms with Crippen molar-refractivity contribution in [3.8, 4) is 5.75 Å². The van der Waals surface area contributed by atoms with Gasteiger partial charge in [-0.25, -0.2) is 0 Å². The smallest absolute Gasteiger partial charge is 0.341 e. The van der Waals surface area contributed by atoms with E-state index in [1.54, 1.807) is 0 Å². The van der Waals surface area contributed by atoms with Crippen LogP contribution in [0.3, 0.4) is 0 Å². The van der Waals surface area contributed by atoms with E-state index >= 15 is 0 Å². The minimum atomic E-state index is -4.92. The average molecular weight is 282 g/mol. The summed E-state index contributed by atoms with van der Waals surface area (Å²) in [6.45, 7) is 0. The van der Waals surface area contributed by atoms with Crippen LogP contribution in [0.15, 0.2) is 24.3 Å². The van der Waals surface area contributed by atoms with Gasteiger partial charge in [-0.05, 0) is 24.1 Å². The molecule has 0 aliphatic carbocycles. The average Bonchev–Trinajstić information content (AvgIpc) is 2.10. The third-order valence-corrected chi connectivity index (χ3v) is 5.83. The van der Waals surface area contributed by atoms with E-state index in [9.17, 15) is 9.13 Å².